The van der Waals surface area contributed by atoms with Crippen LogP contribution in [0.4, 0.5) is 0 Å². The first kappa shape index (κ1) is 5.83. The van der Waals surface area contributed by atoms with Gasteiger partial charge in [0.2, 0.25) is 0 Å². The summed E-state index contributed by atoms with van der Waals surface area (Å²) >= 11 is 0. The van der Waals surface area contributed by atoms with E-state index in [-0.39, 0.29) is 6.61 Å². The van der Waals surface area contributed by atoms with E-state index in [1.165, 1.54) is 18.4 Å². The summed E-state index contributed by atoms with van der Waals surface area (Å²) in [5, 5.41) is 8.44. The molecule has 0 spiro atoms. The van der Waals surface area contributed by atoms with Crippen LogP contribution in [0.1, 0.15) is 19.8 Å². The molecule has 0 unspecified atom stereocenters. The first-order chi connectivity index (χ1) is 3.84. The fraction of sp³-hybridized carbons (Fsp3) is 0.714. The zero-order valence-electron chi connectivity index (χ0n) is 5.22. The van der Waals surface area contributed by atoms with Crippen LogP contribution in [0.2, 0.25) is 0 Å². The predicted octanol–water partition coefficient (Wildman–Crippen LogP) is 1.33. The minimum absolute atomic E-state index is 0.211. The topological polar surface area (TPSA) is 20.2 Å². The monoisotopic (exact) mass is 112 g/mol. The lowest BCUT2D eigenvalue weighted by atomic mass is 10.2. The molecule has 0 aromatic rings. The lowest BCUT2D eigenvalue weighted by molar-refractivity contribution is 0.341. The van der Waals surface area contributed by atoms with E-state index in [0.29, 0.717) is 0 Å². The van der Waals surface area contributed by atoms with Crippen molar-refractivity contribution in [3.05, 3.63) is 11.6 Å². The number of aliphatic hydroxyl groups is 1. The molecule has 0 saturated heterocycles. The smallest absolute Gasteiger partial charge is 0.0615 e. The molecular weight excluding hydrogens is 100 g/mol. The van der Waals surface area contributed by atoms with Gasteiger partial charge in [0.1, 0.15) is 0 Å². The Balaban J connectivity index is 2.31. The Morgan fingerprint density at radius 3 is 2.75 bits per heavy atom. The summed E-state index contributed by atoms with van der Waals surface area (Å²) in [4.78, 5) is 0. The van der Waals surface area contributed by atoms with Crippen LogP contribution in [0, 0.1) is 5.92 Å². The highest BCUT2D eigenvalue weighted by molar-refractivity contribution is 5.09. The number of aliphatic hydroxyl groups excluding tert-OH is 1. The van der Waals surface area contributed by atoms with Crippen LogP contribution in [0.25, 0.3) is 0 Å². The maximum Gasteiger partial charge on any atom is 0.0615 e. The van der Waals surface area contributed by atoms with Crippen molar-refractivity contribution in [3.8, 4) is 0 Å². The van der Waals surface area contributed by atoms with E-state index in [1.807, 2.05) is 6.08 Å². The van der Waals surface area contributed by atoms with Crippen molar-refractivity contribution >= 4 is 0 Å². The summed E-state index contributed by atoms with van der Waals surface area (Å²) in [6.07, 6.45) is 4.57. The summed E-state index contributed by atoms with van der Waals surface area (Å²) in [6, 6.07) is 0. The van der Waals surface area contributed by atoms with Gasteiger partial charge < -0.3 is 5.11 Å². The van der Waals surface area contributed by atoms with Crippen molar-refractivity contribution in [1.29, 1.82) is 0 Å². The Kier molecular flexibility index (Phi) is 1.69. The van der Waals surface area contributed by atoms with Gasteiger partial charge in [0.05, 0.1) is 6.61 Å². The third kappa shape index (κ3) is 1.34. The number of rotatable bonds is 2. The van der Waals surface area contributed by atoms with Gasteiger partial charge in [-0.25, -0.2) is 0 Å². The Hall–Kier alpha value is -0.300. The molecule has 0 bridgehead atoms. The second-order valence-electron chi connectivity index (χ2n) is 2.40. The van der Waals surface area contributed by atoms with Gasteiger partial charge in [-0.15, -0.1) is 0 Å². The third-order valence-electron chi connectivity index (χ3n) is 1.63. The molecule has 1 saturated carbocycles. The molecule has 0 atom stereocenters. The normalized spacial score (nSPS) is 21.5. The Morgan fingerprint density at radius 2 is 2.38 bits per heavy atom. The summed E-state index contributed by atoms with van der Waals surface area (Å²) in [5.41, 5.74) is 1.37. The molecule has 0 aromatic heterocycles. The van der Waals surface area contributed by atoms with Crippen LogP contribution in [-0.2, 0) is 0 Å². The number of hydrogen-bond acceptors (Lipinski definition) is 1. The van der Waals surface area contributed by atoms with Gasteiger partial charge in [0, 0.05) is 0 Å². The molecule has 1 heteroatoms. The Bertz CT molecular complexity index is 101. The highest BCUT2D eigenvalue weighted by Gasteiger charge is 2.22. The molecule has 0 heterocycles. The molecule has 1 fully saturated rings. The predicted molar refractivity (Wildman–Crippen MR) is 33.6 cm³/mol. The molecule has 8 heavy (non-hydrogen) atoms. The SMILES string of the molecule is C/C(=C\CO)C1CC1. The van der Waals surface area contributed by atoms with E-state index in [4.69, 9.17) is 5.11 Å². The second-order valence-corrected chi connectivity index (χ2v) is 2.40. The van der Waals surface area contributed by atoms with Gasteiger partial charge in [-0.2, -0.15) is 0 Å². The molecule has 46 valence electrons. The third-order valence-corrected chi connectivity index (χ3v) is 1.63. The van der Waals surface area contributed by atoms with E-state index in [2.05, 4.69) is 6.92 Å². The van der Waals surface area contributed by atoms with Gasteiger partial charge in [0.25, 0.3) is 0 Å². The van der Waals surface area contributed by atoms with Gasteiger partial charge in [-0.3, -0.25) is 0 Å². The zero-order chi connectivity index (χ0) is 5.98. The summed E-state index contributed by atoms with van der Waals surface area (Å²) in [7, 11) is 0. The summed E-state index contributed by atoms with van der Waals surface area (Å²) in [5.74, 6) is 0.821. The van der Waals surface area contributed by atoms with Crippen molar-refractivity contribution in [3.63, 3.8) is 0 Å². The second kappa shape index (κ2) is 2.31. The van der Waals surface area contributed by atoms with Crippen molar-refractivity contribution < 1.29 is 5.11 Å². The van der Waals surface area contributed by atoms with Crippen molar-refractivity contribution in [1.82, 2.24) is 0 Å². The minimum Gasteiger partial charge on any atom is -0.392 e. The number of allylic oxidation sites excluding steroid dienone is 1. The molecule has 0 aliphatic heterocycles. The zero-order valence-corrected chi connectivity index (χ0v) is 5.22. The summed E-state index contributed by atoms with van der Waals surface area (Å²) in [6.45, 7) is 2.30. The van der Waals surface area contributed by atoms with Crippen LogP contribution in [0.15, 0.2) is 11.6 Å². The molecular formula is C7H12O. The fourth-order valence-corrected chi connectivity index (χ4v) is 0.849. The van der Waals surface area contributed by atoms with Crippen molar-refractivity contribution in [2.75, 3.05) is 6.61 Å². The summed E-state index contributed by atoms with van der Waals surface area (Å²) < 4.78 is 0. The van der Waals surface area contributed by atoms with E-state index >= 15 is 0 Å². The average molecular weight is 112 g/mol. The van der Waals surface area contributed by atoms with E-state index < -0.39 is 0 Å². The van der Waals surface area contributed by atoms with E-state index in [1.54, 1.807) is 0 Å². The average Bonchev–Trinajstić information content (AvgIpc) is 2.45. The molecule has 1 rings (SSSR count). The first-order valence-corrected chi connectivity index (χ1v) is 3.12. The highest BCUT2D eigenvalue weighted by atomic mass is 16.2. The van der Waals surface area contributed by atoms with E-state index in [0.717, 1.165) is 5.92 Å². The maximum absolute atomic E-state index is 8.44. The molecule has 1 nitrogen and oxygen atoms in total. The molecule has 1 N–H and O–H groups in total. The van der Waals surface area contributed by atoms with Gasteiger partial charge in [-0.05, 0) is 25.7 Å². The van der Waals surface area contributed by atoms with Crippen LogP contribution in [0.3, 0.4) is 0 Å². The minimum atomic E-state index is 0.211. The lowest BCUT2D eigenvalue weighted by Crippen LogP contribution is -1.80. The van der Waals surface area contributed by atoms with Crippen molar-refractivity contribution in [2.24, 2.45) is 5.92 Å². The van der Waals surface area contributed by atoms with Gasteiger partial charge in [-0.1, -0.05) is 11.6 Å². The van der Waals surface area contributed by atoms with Gasteiger partial charge >= 0.3 is 0 Å². The Morgan fingerprint density at radius 1 is 1.75 bits per heavy atom. The number of hydrogen-bond donors (Lipinski definition) is 1. The molecule has 0 radical (unpaired) electrons. The van der Waals surface area contributed by atoms with Crippen LogP contribution in [-0.4, -0.2) is 11.7 Å². The highest BCUT2D eigenvalue weighted by Crippen LogP contribution is 2.35. The van der Waals surface area contributed by atoms with Crippen LogP contribution >= 0.6 is 0 Å². The largest absolute Gasteiger partial charge is 0.392 e. The van der Waals surface area contributed by atoms with Gasteiger partial charge in [0.15, 0.2) is 0 Å². The van der Waals surface area contributed by atoms with E-state index in [9.17, 15) is 0 Å². The standard InChI is InChI=1S/C7H12O/c1-6(4-5-8)7-2-3-7/h4,7-8H,2-3,5H2,1H3/b6-4+. The van der Waals surface area contributed by atoms with Crippen LogP contribution < -0.4 is 0 Å². The van der Waals surface area contributed by atoms with Crippen molar-refractivity contribution in [2.45, 2.75) is 19.8 Å². The fourth-order valence-electron chi connectivity index (χ4n) is 0.849. The molecule has 1 aliphatic carbocycles. The van der Waals surface area contributed by atoms with Crippen LogP contribution in [0.5, 0.6) is 0 Å². The lowest BCUT2D eigenvalue weighted by Gasteiger charge is -1.91. The molecule has 1 aliphatic rings. The molecule has 0 amide bonds. The quantitative estimate of drug-likeness (QED) is 0.534. The first-order valence-electron chi connectivity index (χ1n) is 3.12. The maximum atomic E-state index is 8.44. The Labute approximate surface area is 50.0 Å². The molecule has 0 aromatic carbocycles.